The van der Waals surface area contributed by atoms with Crippen LogP contribution in [0.3, 0.4) is 0 Å². The number of rotatable bonds is 8. The molecule has 0 spiro atoms. The van der Waals surface area contributed by atoms with Crippen LogP contribution < -0.4 is 15.8 Å². The van der Waals surface area contributed by atoms with Gasteiger partial charge in [-0.3, -0.25) is 4.79 Å². The van der Waals surface area contributed by atoms with E-state index < -0.39 is 18.0 Å². The van der Waals surface area contributed by atoms with Gasteiger partial charge in [-0.15, -0.1) is 11.3 Å². The van der Waals surface area contributed by atoms with E-state index in [0.29, 0.717) is 10.8 Å². The van der Waals surface area contributed by atoms with Crippen LogP contribution in [0.4, 0.5) is 4.79 Å². The second-order valence-corrected chi connectivity index (χ2v) is 6.22. The minimum Gasteiger partial charge on any atom is -0.490 e. The number of ether oxygens (including phenoxy) is 2. The van der Waals surface area contributed by atoms with Crippen LogP contribution in [0, 0.1) is 0 Å². The number of carbonyl (C=O) groups is 2. The molecule has 6 nitrogen and oxygen atoms in total. The Bertz CT molecular complexity index is 678. The van der Waals surface area contributed by atoms with Crippen LogP contribution in [0.1, 0.15) is 17.3 Å². The number of nitrogens with two attached hydrogens (primary N) is 1. The predicted octanol–water partition coefficient (Wildman–Crippen LogP) is 3.12. The van der Waals surface area contributed by atoms with E-state index in [0.717, 1.165) is 4.88 Å². The Balaban J connectivity index is 1.76. The van der Waals surface area contributed by atoms with E-state index in [-0.39, 0.29) is 19.6 Å². The molecular weight excluding hydrogens is 352 g/mol. The maximum atomic E-state index is 11.9. The average molecular weight is 369 g/mol. The molecule has 24 heavy (non-hydrogen) atoms. The molecule has 1 aromatic heterocycles. The van der Waals surface area contributed by atoms with Gasteiger partial charge < -0.3 is 20.5 Å². The minimum absolute atomic E-state index is 0.000614. The van der Waals surface area contributed by atoms with Gasteiger partial charge in [-0.2, -0.15) is 0 Å². The van der Waals surface area contributed by atoms with Crippen LogP contribution >= 0.6 is 22.9 Å². The first kappa shape index (κ1) is 18.1. The number of benzene rings is 1. The molecule has 0 saturated heterocycles. The molecule has 1 aromatic carbocycles. The number of carbonyl (C=O) groups excluding carboxylic acids is 2. The van der Waals surface area contributed by atoms with Gasteiger partial charge in [-0.05, 0) is 29.6 Å². The maximum absolute atomic E-state index is 11.9. The molecule has 3 N–H and O–H groups in total. The Kier molecular flexibility index (Phi) is 6.89. The molecule has 0 bridgehead atoms. The molecule has 128 valence electrons. The highest BCUT2D eigenvalue weighted by molar-refractivity contribution is 7.10. The largest absolute Gasteiger partial charge is 0.490 e. The molecule has 1 atom stereocenters. The van der Waals surface area contributed by atoms with Gasteiger partial charge in [0, 0.05) is 9.90 Å². The molecule has 1 heterocycles. The number of nitrogens with one attached hydrogen (secondary N) is 1. The lowest BCUT2D eigenvalue weighted by atomic mass is 10.2. The number of amides is 2. The summed E-state index contributed by atoms with van der Waals surface area (Å²) in [5.41, 5.74) is 5.15. The van der Waals surface area contributed by atoms with E-state index in [1.165, 1.54) is 11.3 Å². The number of urea groups is 1. The summed E-state index contributed by atoms with van der Waals surface area (Å²) in [7, 11) is 0. The quantitative estimate of drug-likeness (QED) is 0.553. The molecule has 2 amide bonds. The second-order valence-electron chi connectivity index (χ2n) is 4.81. The lowest BCUT2D eigenvalue weighted by molar-refractivity contribution is -0.144. The standard InChI is InChI=1S/C16H17ClN2O4S/c17-11-3-1-4-12(9-11)22-6-7-23-15(20)10-13(19-16(18)21)14-5-2-8-24-14/h1-5,8-9,13H,6-7,10H2,(H3,18,19,21)/t13-/m0/s1. The van der Waals surface area contributed by atoms with Gasteiger partial charge in [0.05, 0.1) is 12.5 Å². The predicted molar refractivity (Wildman–Crippen MR) is 92.3 cm³/mol. The van der Waals surface area contributed by atoms with Crippen molar-refractivity contribution in [2.45, 2.75) is 12.5 Å². The Morgan fingerprint density at radius 2 is 2.08 bits per heavy atom. The lowest BCUT2D eigenvalue weighted by Crippen LogP contribution is -2.34. The summed E-state index contributed by atoms with van der Waals surface area (Å²) in [5.74, 6) is 0.155. The first-order valence-electron chi connectivity index (χ1n) is 7.18. The zero-order chi connectivity index (χ0) is 17.4. The van der Waals surface area contributed by atoms with Crippen molar-refractivity contribution in [3.8, 4) is 5.75 Å². The lowest BCUT2D eigenvalue weighted by Gasteiger charge is -2.15. The van der Waals surface area contributed by atoms with Crippen molar-refractivity contribution in [3.63, 3.8) is 0 Å². The van der Waals surface area contributed by atoms with Gasteiger partial charge in [-0.1, -0.05) is 23.7 Å². The van der Waals surface area contributed by atoms with Gasteiger partial charge in [0.1, 0.15) is 19.0 Å². The SMILES string of the molecule is NC(=O)N[C@@H](CC(=O)OCCOc1cccc(Cl)c1)c1cccs1. The molecule has 0 unspecified atom stereocenters. The van der Waals surface area contributed by atoms with Crippen LogP contribution in [0.5, 0.6) is 5.75 Å². The minimum atomic E-state index is -0.689. The third kappa shape index (κ3) is 6.10. The fourth-order valence-electron chi connectivity index (χ4n) is 1.98. The summed E-state index contributed by atoms with van der Waals surface area (Å²) in [6.45, 7) is 0.304. The summed E-state index contributed by atoms with van der Waals surface area (Å²) >= 11 is 7.27. The molecule has 0 aliphatic carbocycles. The number of thiophene rings is 1. The van der Waals surface area contributed by atoms with Crippen molar-refractivity contribution in [1.82, 2.24) is 5.32 Å². The molecule has 8 heteroatoms. The molecule has 2 rings (SSSR count). The van der Waals surface area contributed by atoms with Crippen molar-refractivity contribution in [2.75, 3.05) is 13.2 Å². The van der Waals surface area contributed by atoms with Gasteiger partial charge in [0.25, 0.3) is 0 Å². The van der Waals surface area contributed by atoms with Crippen molar-refractivity contribution < 1.29 is 19.1 Å². The van der Waals surface area contributed by atoms with Crippen LogP contribution in [-0.4, -0.2) is 25.2 Å². The van der Waals surface area contributed by atoms with Crippen LogP contribution in [-0.2, 0) is 9.53 Å². The molecule has 0 aliphatic heterocycles. The summed E-state index contributed by atoms with van der Waals surface area (Å²) in [6.07, 6.45) is 0.000614. The highest BCUT2D eigenvalue weighted by atomic mass is 35.5. The Morgan fingerprint density at radius 3 is 2.75 bits per heavy atom. The molecule has 0 fully saturated rings. The normalized spacial score (nSPS) is 11.5. The molecule has 2 aromatic rings. The average Bonchev–Trinajstić information content (AvgIpc) is 3.05. The number of halogens is 1. The van der Waals surface area contributed by atoms with Gasteiger partial charge in [-0.25, -0.2) is 4.79 Å². The molecular formula is C16H17ClN2O4S. The van der Waals surface area contributed by atoms with Gasteiger partial charge in [0.15, 0.2) is 0 Å². The van der Waals surface area contributed by atoms with E-state index in [9.17, 15) is 9.59 Å². The highest BCUT2D eigenvalue weighted by Gasteiger charge is 2.19. The van der Waals surface area contributed by atoms with Crippen molar-refractivity contribution >= 4 is 34.9 Å². The third-order valence-corrected chi connectivity index (χ3v) is 4.21. The van der Waals surface area contributed by atoms with E-state index >= 15 is 0 Å². The zero-order valence-electron chi connectivity index (χ0n) is 12.7. The maximum Gasteiger partial charge on any atom is 0.312 e. The van der Waals surface area contributed by atoms with E-state index in [1.807, 2.05) is 17.5 Å². The number of hydrogen-bond donors (Lipinski definition) is 2. The summed E-state index contributed by atoms with van der Waals surface area (Å²) in [4.78, 5) is 23.8. The summed E-state index contributed by atoms with van der Waals surface area (Å²) in [6, 6.07) is 9.41. The molecule has 0 saturated carbocycles. The monoisotopic (exact) mass is 368 g/mol. The molecule has 0 radical (unpaired) electrons. The highest BCUT2D eigenvalue weighted by Crippen LogP contribution is 2.22. The topological polar surface area (TPSA) is 90.7 Å². The number of primary amides is 1. The van der Waals surface area contributed by atoms with Gasteiger partial charge in [0.2, 0.25) is 0 Å². The van der Waals surface area contributed by atoms with E-state index in [4.69, 9.17) is 26.8 Å². The first-order chi connectivity index (χ1) is 11.5. The van der Waals surface area contributed by atoms with E-state index in [1.54, 1.807) is 24.3 Å². The van der Waals surface area contributed by atoms with E-state index in [2.05, 4.69) is 5.32 Å². The van der Waals surface area contributed by atoms with Crippen molar-refractivity contribution in [3.05, 3.63) is 51.7 Å². The van der Waals surface area contributed by atoms with Crippen LogP contribution in [0.2, 0.25) is 5.02 Å². The number of hydrogen-bond acceptors (Lipinski definition) is 5. The Hall–Kier alpha value is -2.25. The zero-order valence-corrected chi connectivity index (χ0v) is 14.3. The fraction of sp³-hybridized carbons (Fsp3) is 0.250. The Labute approximate surface area is 148 Å². The van der Waals surface area contributed by atoms with Crippen molar-refractivity contribution in [2.24, 2.45) is 5.73 Å². The number of esters is 1. The summed E-state index contributed by atoms with van der Waals surface area (Å²) in [5, 5.41) is 4.96. The van der Waals surface area contributed by atoms with Crippen molar-refractivity contribution in [1.29, 1.82) is 0 Å². The molecule has 0 aliphatic rings. The van der Waals surface area contributed by atoms with Crippen LogP contribution in [0.15, 0.2) is 41.8 Å². The Morgan fingerprint density at radius 1 is 1.25 bits per heavy atom. The first-order valence-corrected chi connectivity index (χ1v) is 8.43. The fourth-order valence-corrected chi connectivity index (χ4v) is 2.94. The van der Waals surface area contributed by atoms with Crippen LogP contribution in [0.25, 0.3) is 0 Å². The van der Waals surface area contributed by atoms with Gasteiger partial charge >= 0.3 is 12.0 Å². The third-order valence-electron chi connectivity index (χ3n) is 2.99. The second kappa shape index (κ2) is 9.14. The smallest absolute Gasteiger partial charge is 0.312 e. The summed E-state index contributed by atoms with van der Waals surface area (Å²) < 4.78 is 10.5.